The second-order valence-corrected chi connectivity index (χ2v) is 3.19. The molecule has 0 aliphatic rings. The molecule has 5 nitrogen and oxygen atoms in total. The molecule has 2 amide bonds. The molecule has 0 spiro atoms. The fraction of sp³-hybridized carbons (Fsp3) is 0.182. The lowest BCUT2D eigenvalue weighted by Crippen LogP contribution is -2.34. The summed E-state index contributed by atoms with van der Waals surface area (Å²) in [5.74, 6) is 1.43. The molecule has 2 N–H and O–H groups in total. The van der Waals surface area contributed by atoms with Crippen molar-refractivity contribution < 1.29 is 13.6 Å². The Kier molecular flexibility index (Phi) is 3.28. The van der Waals surface area contributed by atoms with Crippen LogP contribution in [0.3, 0.4) is 0 Å². The molecular formula is C11H12N2O3. The van der Waals surface area contributed by atoms with Gasteiger partial charge in [0.2, 0.25) is 0 Å². The van der Waals surface area contributed by atoms with Crippen molar-refractivity contribution in [3.8, 4) is 0 Å². The number of carbonyl (C=O) groups excluding carboxylic acids is 1. The SMILES string of the molecule is O=C(NCc1ccco1)NCc1ccco1. The van der Waals surface area contributed by atoms with Gasteiger partial charge in [-0.15, -0.1) is 0 Å². The first-order chi connectivity index (χ1) is 7.84. The van der Waals surface area contributed by atoms with Crippen LogP contribution in [-0.2, 0) is 13.1 Å². The minimum atomic E-state index is -0.257. The number of hydrogen-bond acceptors (Lipinski definition) is 3. The summed E-state index contributed by atoms with van der Waals surface area (Å²) in [5, 5.41) is 5.32. The fourth-order valence-electron chi connectivity index (χ4n) is 1.22. The van der Waals surface area contributed by atoms with Crippen LogP contribution in [0.1, 0.15) is 11.5 Å². The van der Waals surface area contributed by atoms with Gasteiger partial charge in [0, 0.05) is 0 Å². The van der Waals surface area contributed by atoms with Gasteiger partial charge in [-0.25, -0.2) is 4.79 Å². The topological polar surface area (TPSA) is 67.4 Å². The minimum absolute atomic E-state index is 0.257. The van der Waals surface area contributed by atoms with E-state index in [1.165, 1.54) is 0 Å². The summed E-state index contributed by atoms with van der Waals surface area (Å²) < 4.78 is 10.1. The molecule has 0 bridgehead atoms. The van der Waals surface area contributed by atoms with Crippen LogP contribution >= 0.6 is 0 Å². The zero-order valence-electron chi connectivity index (χ0n) is 8.60. The molecule has 2 aromatic rings. The van der Waals surface area contributed by atoms with Crippen LogP contribution in [0.4, 0.5) is 4.79 Å². The third kappa shape index (κ3) is 2.91. The van der Waals surface area contributed by atoms with Crippen molar-refractivity contribution in [1.29, 1.82) is 0 Å². The van der Waals surface area contributed by atoms with E-state index in [1.54, 1.807) is 36.8 Å². The van der Waals surface area contributed by atoms with Crippen molar-refractivity contribution in [3.05, 3.63) is 48.3 Å². The number of carbonyl (C=O) groups is 1. The van der Waals surface area contributed by atoms with Gasteiger partial charge in [-0.2, -0.15) is 0 Å². The fourth-order valence-corrected chi connectivity index (χ4v) is 1.22. The van der Waals surface area contributed by atoms with E-state index in [1.807, 2.05) is 0 Å². The summed E-state index contributed by atoms with van der Waals surface area (Å²) in [7, 11) is 0. The normalized spacial score (nSPS) is 10.0. The van der Waals surface area contributed by atoms with Gasteiger partial charge < -0.3 is 19.5 Å². The van der Waals surface area contributed by atoms with Gasteiger partial charge in [-0.1, -0.05) is 0 Å². The van der Waals surface area contributed by atoms with Crippen LogP contribution in [0.25, 0.3) is 0 Å². The highest BCUT2D eigenvalue weighted by atomic mass is 16.3. The van der Waals surface area contributed by atoms with Crippen LogP contribution in [0.5, 0.6) is 0 Å². The van der Waals surface area contributed by atoms with Crippen molar-refractivity contribution >= 4 is 6.03 Å². The smallest absolute Gasteiger partial charge is 0.315 e. The molecule has 0 aromatic carbocycles. The Morgan fingerprint density at radius 1 is 1.00 bits per heavy atom. The molecule has 16 heavy (non-hydrogen) atoms. The highest BCUT2D eigenvalue weighted by Crippen LogP contribution is 1.99. The van der Waals surface area contributed by atoms with Crippen LogP contribution < -0.4 is 10.6 Å². The number of nitrogens with one attached hydrogen (secondary N) is 2. The van der Waals surface area contributed by atoms with Gasteiger partial charge in [-0.3, -0.25) is 0 Å². The third-order valence-electron chi connectivity index (χ3n) is 2.01. The Morgan fingerprint density at radius 2 is 1.50 bits per heavy atom. The van der Waals surface area contributed by atoms with E-state index in [-0.39, 0.29) is 6.03 Å². The molecule has 0 atom stereocenters. The van der Waals surface area contributed by atoms with Crippen molar-refractivity contribution in [2.24, 2.45) is 0 Å². The highest BCUT2D eigenvalue weighted by molar-refractivity contribution is 5.73. The highest BCUT2D eigenvalue weighted by Gasteiger charge is 2.02. The maximum Gasteiger partial charge on any atom is 0.315 e. The number of hydrogen-bond donors (Lipinski definition) is 2. The first-order valence-electron chi connectivity index (χ1n) is 4.91. The Labute approximate surface area is 92.4 Å². The van der Waals surface area contributed by atoms with E-state index in [9.17, 15) is 4.79 Å². The van der Waals surface area contributed by atoms with Crippen LogP contribution in [0.2, 0.25) is 0 Å². The summed E-state index contributed by atoms with van der Waals surface area (Å²) in [5.41, 5.74) is 0. The summed E-state index contributed by atoms with van der Waals surface area (Å²) in [6.45, 7) is 0.744. The molecule has 0 aliphatic carbocycles. The van der Waals surface area contributed by atoms with Crippen molar-refractivity contribution in [2.45, 2.75) is 13.1 Å². The molecule has 5 heteroatoms. The Morgan fingerprint density at radius 3 is 1.88 bits per heavy atom. The van der Waals surface area contributed by atoms with Crippen LogP contribution in [-0.4, -0.2) is 6.03 Å². The average molecular weight is 220 g/mol. The van der Waals surface area contributed by atoms with Crippen LogP contribution in [0, 0.1) is 0 Å². The first-order valence-corrected chi connectivity index (χ1v) is 4.91. The summed E-state index contributed by atoms with van der Waals surface area (Å²) >= 11 is 0. The van der Waals surface area contributed by atoms with E-state index in [0.29, 0.717) is 24.6 Å². The van der Waals surface area contributed by atoms with E-state index < -0.39 is 0 Å². The predicted molar refractivity (Wildman–Crippen MR) is 56.5 cm³/mol. The summed E-state index contributed by atoms with van der Waals surface area (Å²) in [6, 6.07) is 6.89. The monoisotopic (exact) mass is 220 g/mol. The quantitative estimate of drug-likeness (QED) is 0.826. The van der Waals surface area contributed by atoms with E-state index in [4.69, 9.17) is 8.83 Å². The summed E-state index contributed by atoms with van der Waals surface area (Å²) in [6.07, 6.45) is 3.13. The number of urea groups is 1. The lowest BCUT2D eigenvalue weighted by Gasteiger charge is -2.04. The number of amides is 2. The maximum absolute atomic E-state index is 11.3. The molecule has 2 aromatic heterocycles. The van der Waals surface area contributed by atoms with Gasteiger partial charge in [0.15, 0.2) is 0 Å². The Hall–Kier alpha value is -2.17. The molecule has 2 rings (SSSR count). The van der Waals surface area contributed by atoms with E-state index in [2.05, 4.69) is 10.6 Å². The van der Waals surface area contributed by atoms with Crippen molar-refractivity contribution in [1.82, 2.24) is 10.6 Å². The van der Waals surface area contributed by atoms with Gasteiger partial charge >= 0.3 is 6.03 Å². The lowest BCUT2D eigenvalue weighted by atomic mass is 10.4. The molecule has 0 aliphatic heterocycles. The third-order valence-corrected chi connectivity index (χ3v) is 2.01. The van der Waals surface area contributed by atoms with Gasteiger partial charge in [-0.05, 0) is 24.3 Å². The Balaban J connectivity index is 1.69. The first kappa shape index (κ1) is 10.4. The zero-order valence-corrected chi connectivity index (χ0v) is 8.60. The maximum atomic E-state index is 11.3. The zero-order chi connectivity index (χ0) is 11.2. The largest absolute Gasteiger partial charge is 0.467 e. The molecule has 84 valence electrons. The molecule has 0 saturated heterocycles. The minimum Gasteiger partial charge on any atom is -0.467 e. The molecule has 0 fully saturated rings. The standard InChI is InChI=1S/C11H12N2O3/c14-11(12-7-9-3-1-5-15-9)13-8-10-4-2-6-16-10/h1-6H,7-8H2,(H2,12,13,14). The van der Waals surface area contributed by atoms with E-state index in [0.717, 1.165) is 0 Å². The molecule has 2 heterocycles. The van der Waals surface area contributed by atoms with Gasteiger partial charge in [0.05, 0.1) is 25.6 Å². The molecular weight excluding hydrogens is 208 g/mol. The molecule has 0 saturated carbocycles. The number of rotatable bonds is 4. The summed E-state index contributed by atoms with van der Waals surface area (Å²) in [4.78, 5) is 11.3. The van der Waals surface area contributed by atoms with Crippen LogP contribution in [0.15, 0.2) is 45.6 Å². The number of furan rings is 2. The van der Waals surface area contributed by atoms with Gasteiger partial charge in [0.1, 0.15) is 11.5 Å². The molecule has 0 unspecified atom stereocenters. The van der Waals surface area contributed by atoms with Crippen molar-refractivity contribution in [2.75, 3.05) is 0 Å². The predicted octanol–water partition coefficient (Wildman–Crippen LogP) is 1.87. The second kappa shape index (κ2) is 5.06. The average Bonchev–Trinajstić information content (AvgIpc) is 2.96. The van der Waals surface area contributed by atoms with Crippen molar-refractivity contribution in [3.63, 3.8) is 0 Å². The Bertz CT molecular complexity index is 380. The lowest BCUT2D eigenvalue weighted by molar-refractivity contribution is 0.238. The second-order valence-electron chi connectivity index (χ2n) is 3.19. The van der Waals surface area contributed by atoms with Gasteiger partial charge in [0.25, 0.3) is 0 Å². The van der Waals surface area contributed by atoms with E-state index >= 15 is 0 Å². The molecule has 0 radical (unpaired) electrons.